The minimum atomic E-state index is -0.613. The molecule has 9 heteroatoms. The second kappa shape index (κ2) is 14.9. The second-order valence-electron chi connectivity index (χ2n) is 10.3. The van der Waals surface area contributed by atoms with Gasteiger partial charge in [0.2, 0.25) is 0 Å². The van der Waals surface area contributed by atoms with Crippen LogP contribution in [0, 0.1) is 5.82 Å². The van der Waals surface area contributed by atoms with Crippen LogP contribution in [0.5, 0.6) is 5.75 Å². The standard InChI is InChI=1S/C35H37F2N5O2/c1-5-8-31-26(10-7-17-36)20-30(34(41-31)27-9-6-11-28(37)19-27)23(2)40-24(3)33-32(43)16-18-42(35(33)39-22-38)21-25-12-14-29(44-4)15-13-25/h6-7,9-16,18-20,22-23,40H,3,5,8,17,21H2,1-2,4H3,(H2,38,39)/b10-7-. The molecule has 2 heterocycles. The number of ether oxygens (including phenoxy) is 1. The van der Waals surface area contributed by atoms with E-state index < -0.39 is 12.7 Å². The zero-order valence-corrected chi connectivity index (χ0v) is 25.2. The Labute approximate surface area is 256 Å². The van der Waals surface area contributed by atoms with E-state index in [-0.39, 0.29) is 16.8 Å². The molecular weight excluding hydrogens is 560 g/mol. The summed E-state index contributed by atoms with van der Waals surface area (Å²) in [6, 6.07) is 16.8. The van der Waals surface area contributed by atoms with E-state index in [1.165, 1.54) is 24.3 Å². The van der Waals surface area contributed by atoms with Crippen molar-refractivity contribution in [3.63, 3.8) is 0 Å². The van der Waals surface area contributed by atoms with E-state index in [2.05, 4.69) is 16.9 Å². The number of nitrogens with two attached hydrogens (primary N) is 1. The molecule has 0 fully saturated rings. The van der Waals surface area contributed by atoms with Crippen LogP contribution in [-0.4, -0.2) is 29.7 Å². The fraction of sp³-hybridized carbons (Fsp3) is 0.229. The summed E-state index contributed by atoms with van der Waals surface area (Å²) >= 11 is 0. The molecule has 2 aromatic heterocycles. The maximum Gasteiger partial charge on any atom is 0.193 e. The van der Waals surface area contributed by atoms with Crippen LogP contribution in [0.25, 0.3) is 23.0 Å². The quantitative estimate of drug-likeness (QED) is 0.128. The van der Waals surface area contributed by atoms with Crippen molar-refractivity contribution in [2.45, 2.75) is 39.3 Å². The van der Waals surface area contributed by atoms with Gasteiger partial charge in [-0.3, -0.25) is 9.78 Å². The van der Waals surface area contributed by atoms with Crippen molar-refractivity contribution in [2.24, 2.45) is 10.7 Å². The fourth-order valence-electron chi connectivity index (χ4n) is 5.06. The Balaban J connectivity index is 1.77. The highest BCUT2D eigenvalue weighted by atomic mass is 19.1. The number of aromatic nitrogens is 2. The van der Waals surface area contributed by atoms with Gasteiger partial charge in [-0.25, -0.2) is 13.8 Å². The molecule has 1 atom stereocenters. The van der Waals surface area contributed by atoms with E-state index in [1.807, 2.05) is 48.7 Å². The van der Waals surface area contributed by atoms with Gasteiger partial charge in [-0.2, -0.15) is 0 Å². The number of rotatable bonds is 13. The van der Waals surface area contributed by atoms with Crippen LogP contribution < -0.4 is 21.2 Å². The molecule has 0 saturated carbocycles. The lowest BCUT2D eigenvalue weighted by Gasteiger charge is -2.23. The molecule has 0 aliphatic carbocycles. The van der Waals surface area contributed by atoms with E-state index in [0.29, 0.717) is 35.7 Å². The average molecular weight is 598 g/mol. The monoisotopic (exact) mass is 597 g/mol. The van der Waals surface area contributed by atoms with Crippen LogP contribution in [0.2, 0.25) is 0 Å². The highest BCUT2D eigenvalue weighted by molar-refractivity contribution is 5.74. The first-order valence-electron chi connectivity index (χ1n) is 14.4. The Kier molecular flexibility index (Phi) is 10.8. The minimum Gasteiger partial charge on any atom is -0.497 e. The third kappa shape index (κ3) is 7.47. The summed E-state index contributed by atoms with van der Waals surface area (Å²) < 4.78 is 34.5. The molecule has 0 aliphatic heterocycles. The largest absolute Gasteiger partial charge is 0.497 e. The lowest BCUT2D eigenvalue weighted by molar-refractivity contribution is 0.414. The SMILES string of the molecule is C=C(NC(C)c1cc(/C=C\CF)c(CCC)nc1-c1cccc(F)c1)c1c(N=CN)n(Cc2ccc(OC)cc2)ccc1=O. The number of halogens is 2. The second-order valence-corrected chi connectivity index (χ2v) is 10.3. The van der Waals surface area contributed by atoms with Gasteiger partial charge in [0, 0.05) is 41.3 Å². The molecule has 4 aromatic rings. The van der Waals surface area contributed by atoms with E-state index in [4.69, 9.17) is 15.5 Å². The first-order chi connectivity index (χ1) is 21.3. The van der Waals surface area contributed by atoms with Crippen molar-refractivity contribution < 1.29 is 13.5 Å². The summed E-state index contributed by atoms with van der Waals surface area (Å²) in [5.41, 5.74) is 10.5. The molecular formula is C35H37F2N5O2. The molecule has 3 N–H and O–H groups in total. The number of nitrogens with one attached hydrogen (secondary N) is 1. The Morgan fingerprint density at radius 3 is 2.64 bits per heavy atom. The molecule has 0 spiro atoms. The topological polar surface area (TPSA) is 94.5 Å². The molecule has 4 rings (SSSR count). The van der Waals surface area contributed by atoms with Crippen LogP contribution in [0.3, 0.4) is 0 Å². The van der Waals surface area contributed by atoms with Crippen LogP contribution in [0.1, 0.15) is 54.3 Å². The third-order valence-electron chi connectivity index (χ3n) is 7.15. The molecule has 7 nitrogen and oxygen atoms in total. The van der Waals surface area contributed by atoms with Crippen LogP contribution in [0.4, 0.5) is 14.6 Å². The highest BCUT2D eigenvalue weighted by Crippen LogP contribution is 2.32. The number of allylic oxidation sites excluding steroid dienone is 1. The predicted molar refractivity (Wildman–Crippen MR) is 174 cm³/mol. The molecule has 0 bridgehead atoms. The van der Waals surface area contributed by atoms with Gasteiger partial charge in [0.25, 0.3) is 0 Å². The summed E-state index contributed by atoms with van der Waals surface area (Å²) in [7, 11) is 1.61. The van der Waals surface area contributed by atoms with Gasteiger partial charge in [0.05, 0.1) is 30.7 Å². The van der Waals surface area contributed by atoms with Crippen molar-refractivity contribution >= 4 is 23.9 Å². The van der Waals surface area contributed by atoms with Crippen molar-refractivity contribution in [3.8, 4) is 17.0 Å². The summed E-state index contributed by atoms with van der Waals surface area (Å²) in [6.45, 7) is 7.95. The molecule has 228 valence electrons. The van der Waals surface area contributed by atoms with E-state index in [9.17, 15) is 13.6 Å². The van der Waals surface area contributed by atoms with Crippen molar-refractivity contribution in [1.29, 1.82) is 0 Å². The van der Waals surface area contributed by atoms with Gasteiger partial charge in [0.1, 0.15) is 24.1 Å². The zero-order valence-electron chi connectivity index (χ0n) is 25.2. The lowest BCUT2D eigenvalue weighted by Crippen LogP contribution is -2.23. The average Bonchev–Trinajstić information content (AvgIpc) is 3.02. The summed E-state index contributed by atoms with van der Waals surface area (Å²) in [4.78, 5) is 22.5. The number of alkyl halides is 1. The molecule has 0 aliphatic rings. The number of hydrogen-bond acceptors (Lipinski definition) is 5. The predicted octanol–water partition coefficient (Wildman–Crippen LogP) is 6.98. The Morgan fingerprint density at radius 2 is 1.98 bits per heavy atom. The number of hydrogen-bond donors (Lipinski definition) is 2. The van der Waals surface area contributed by atoms with E-state index in [0.717, 1.165) is 40.9 Å². The van der Waals surface area contributed by atoms with Gasteiger partial charge >= 0.3 is 0 Å². The molecule has 0 radical (unpaired) electrons. The van der Waals surface area contributed by atoms with Crippen LogP contribution in [-0.2, 0) is 13.0 Å². The molecule has 0 saturated heterocycles. The van der Waals surface area contributed by atoms with Gasteiger partial charge < -0.3 is 20.4 Å². The van der Waals surface area contributed by atoms with E-state index >= 15 is 0 Å². The zero-order chi connectivity index (χ0) is 31.6. The van der Waals surface area contributed by atoms with Crippen molar-refractivity contribution in [3.05, 3.63) is 124 Å². The minimum absolute atomic E-state index is 0.259. The van der Waals surface area contributed by atoms with Crippen molar-refractivity contribution in [1.82, 2.24) is 14.9 Å². The number of benzene rings is 2. The van der Waals surface area contributed by atoms with Crippen LogP contribution in [0.15, 0.2) is 89.3 Å². The fourth-order valence-corrected chi connectivity index (χ4v) is 5.06. The summed E-state index contributed by atoms with van der Waals surface area (Å²) in [6.07, 6.45) is 7.45. The Bertz CT molecular complexity index is 1730. The molecule has 0 amide bonds. The summed E-state index contributed by atoms with van der Waals surface area (Å²) in [5, 5.41) is 3.35. The molecule has 1 unspecified atom stereocenters. The highest BCUT2D eigenvalue weighted by Gasteiger charge is 2.21. The van der Waals surface area contributed by atoms with Gasteiger partial charge in [-0.15, -0.1) is 0 Å². The lowest BCUT2D eigenvalue weighted by atomic mass is 9.95. The van der Waals surface area contributed by atoms with Gasteiger partial charge in [-0.05, 0) is 54.8 Å². The number of aliphatic imine (C=N–C) groups is 1. The van der Waals surface area contributed by atoms with Crippen LogP contribution >= 0.6 is 0 Å². The number of aryl methyl sites for hydroxylation is 1. The Morgan fingerprint density at radius 1 is 1.20 bits per heavy atom. The maximum atomic E-state index is 14.3. The molecule has 2 aromatic carbocycles. The van der Waals surface area contributed by atoms with Gasteiger partial charge in [0.15, 0.2) is 5.43 Å². The first kappa shape index (κ1) is 31.9. The number of methoxy groups -OCH3 is 1. The van der Waals surface area contributed by atoms with Crippen molar-refractivity contribution in [2.75, 3.05) is 13.8 Å². The number of nitrogens with zero attached hydrogens (tertiary/aromatic N) is 3. The molecule has 44 heavy (non-hydrogen) atoms. The number of pyridine rings is 2. The van der Waals surface area contributed by atoms with E-state index in [1.54, 1.807) is 31.5 Å². The maximum absolute atomic E-state index is 14.3. The third-order valence-corrected chi connectivity index (χ3v) is 7.15. The summed E-state index contributed by atoms with van der Waals surface area (Å²) in [5.74, 6) is 0.692. The normalized spacial score (nSPS) is 12.1. The first-order valence-corrected chi connectivity index (χ1v) is 14.4. The Hall–Kier alpha value is -5.05. The smallest absolute Gasteiger partial charge is 0.193 e. The van der Waals surface area contributed by atoms with Gasteiger partial charge in [-0.1, -0.05) is 56.3 Å².